The van der Waals surface area contributed by atoms with E-state index in [0.29, 0.717) is 0 Å². The summed E-state index contributed by atoms with van der Waals surface area (Å²) < 4.78 is 0. The lowest BCUT2D eigenvalue weighted by Gasteiger charge is -2.09. The first kappa shape index (κ1) is 6.14. The van der Waals surface area contributed by atoms with Gasteiger partial charge in [-0.2, -0.15) is 0 Å². The van der Waals surface area contributed by atoms with Crippen LogP contribution in [-0.2, 0) is 0 Å². The Balaban J connectivity index is 2.59. The molecule has 0 unspecified atom stereocenters. The number of rotatable bonds is 0. The number of nitrogens with zero attached hydrogens (tertiary/aromatic N) is 1. The van der Waals surface area contributed by atoms with Crippen molar-refractivity contribution in [2.45, 2.75) is 0 Å². The largest absolute Gasteiger partial charge is 0.377 e. The van der Waals surface area contributed by atoms with Crippen molar-refractivity contribution in [3.8, 4) is 0 Å². The molecule has 0 N–H and O–H groups in total. The second-order valence-corrected chi connectivity index (χ2v) is 2.09. The van der Waals surface area contributed by atoms with Crippen LogP contribution in [-0.4, -0.2) is 18.5 Å². The quantitative estimate of drug-likeness (QED) is 0.470. The molecule has 1 nitrogen and oxygen atoms in total. The maximum absolute atomic E-state index is 2.12. The Kier molecular flexibility index (Phi) is 2.13. The molecule has 0 bridgehead atoms. The summed E-state index contributed by atoms with van der Waals surface area (Å²) in [6.07, 6.45) is 12.3. The van der Waals surface area contributed by atoms with Crippen molar-refractivity contribution < 1.29 is 0 Å². The van der Waals surface area contributed by atoms with E-state index in [1.807, 2.05) is 18.2 Å². The van der Waals surface area contributed by atoms with Crippen molar-refractivity contribution in [3.05, 3.63) is 36.6 Å². The van der Waals surface area contributed by atoms with Crippen LogP contribution in [0.15, 0.2) is 36.6 Å². The van der Waals surface area contributed by atoms with E-state index in [1.165, 1.54) is 0 Å². The highest BCUT2D eigenvalue weighted by atomic mass is 15.1. The van der Waals surface area contributed by atoms with Crippen LogP contribution in [0.4, 0.5) is 0 Å². The lowest BCUT2D eigenvalue weighted by molar-refractivity contribution is 0.509. The monoisotopic (exact) mass is 121 g/mol. The fourth-order valence-electron chi connectivity index (χ4n) is 0.691. The Morgan fingerprint density at radius 2 is 1.89 bits per heavy atom. The van der Waals surface area contributed by atoms with Crippen LogP contribution in [0.2, 0.25) is 0 Å². The molecule has 1 aliphatic rings. The average Bonchev–Trinajstić information content (AvgIpc) is 1.79. The van der Waals surface area contributed by atoms with Gasteiger partial charge in [0.25, 0.3) is 0 Å². The Morgan fingerprint density at radius 3 is 2.78 bits per heavy atom. The molecule has 0 spiro atoms. The summed E-state index contributed by atoms with van der Waals surface area (Å²) in [5, 5.41) is 0. The molecule has 0 saturated carbocycles. The average molecular weight is 121 g/mol. The molecule has 0 amide bonds. The third-order valence-corrected chi connectivity index (χ3v) is 1.20. The van der Waals surface area contributed by atoms with E-state index in [9.17, 15) is 0 Å². The number of allylic oxidation sites excluding steroid dienone is 4. The van der Waals surface area contributed by atoms with Crippen LogP contribution in [0.1, 0.15) is 0 Å². The summed E-state index contributed by atoms with van der Waals surface area (Å²) in [4.78, 5) is 2.12. The number of hydrogen-bond acceptors (Lipinski definition) is 1. The van der Waals surface area contributed by atoms with Crippen LogP contribution in [0, 0.1) is 0 Å². The summed E-state index contributed by atoms with van der Waals surface area (Å²) in [5.41, 5.74) is 0. The first-order valence-corrected chi connectivity index (χ1v) is 3.10. The third kappa shape index (κ3) is 2.17. The zero-order valence-corrected chi connectivity index (χ0v) is 5.62. The molecule has 0 aliphatic carbocycles. The molecule has 48 valence electrons. The zero-order chi connectivity index (χ0) is 6.53. The smallest absolute Gasteiger partial charge is 0.0353 e. The Morgan fingerprint density at radius 1 is 1.11 bits per heavy atom. The van der Waals surface area contributed by atoms with E-state index >= 15 is 0 Å². The van der Waals surface area contributed by atoms with Gasteiger partial charge in [0.05, 0.1) is 0 Å². The molecule has 1 heteroatoms. The molecular weight excluding hydrogens is 110 g/mol. The zero-order valence-electron chi connectivity index (χ0n) is 5.62. The van der Waals surface area contributed by atoms with Gasteiger partial charge < -0.3 is 4.90 Å². The maximum Gasteiger partial charge on any atom is 0.0353 e. The van der Waals surface area contributed by atoms with Crippen LogP contribution < -0.4 is 0 Å². The van der Waals surface area contributed by atoms with Crippen LogP contribution in [0.25, 0.3) is 0 Å². The summed E-state index contributed by atoms with van der Waals surface area (Å²) in [6, 6.07) is 0. The Bertz CT molecular complexity index is 154. The maximum atomic E-state index is 2.12. The van der Waals surface area contributed by atoms with Gasteiger partial charge in [0.15, 0.2) is 0 Å². The second kappa shape index (κ2) is 3.13. The Hall–Kier alpha value is -0.980. The molecule has 0 aromatic heterocycles. The highest BCUT2D eigenvalue weighted by Crippen LogP contribution is 1.90. The topological polar surface area (TPSA) is 3.24 Å². The predicted molar refractivity (Wildman–Crippen MR) is 40.1 cm³/mol. The van der Waals surface area contributed by atoms with Crippen molar-refractivity contribution in [3.63, 3.8) is 0 Å². The third-order valence-electron chi connectivity index (χ3n) is 1.20. The van der Waals surface area contributed by atoms with E-state index in [2.05, 4.69) is 30.3 Å². The van der Waals surface area contributed by atoms with E-state index in [4.69, 9.17) is 0 Å². The minimum atomic E-state index is 1.00. The SMILES string of the molecule is CN1C=CC=CC=CC1. The molecule has 1 heterocycles. The van der Waals surface area contributed by atoms with Crippen molar-refractivity contribution >= 4 is 0 Å². The molecular formula is C8H11N. The van der Waals surface area contributed by atoms with Gasteiger partial charge in [0.2, 0.25) is 0 Å². The standard InChI is InChI=1S/C8H11N/c1-9-7-5-3-2-4-6-8-9/h2-7H,8H2,1H3. The second-order valence-electron chi connectivity index (χ2n) is 2.09. The number of likely N-dealkylation sites (N-methyl/N-ethyl adjacent to an activating group) is 1. The molecule has 0 aromatic carbocycles. The van der Waals surface area contributed by atoms with Crippen molar-refractivity contribution in [2.24, 2.45) is 0 Å². The van der Waals surface area contributed by atoms with Gasteiger partial charge >= 0.3 is 0 Å². The molecule has 1 aliphatic heterocycles. The normalized spacial score (nSPS) is 17.7. The van der Waals surface area contributed by atoms with Gasteiger partial charge in [-0.15, -0.1) is 0 Å². The predicted octanol–water partition coefficient (Wildman–Crippen LogP) is 1.56. The highest BCUT2D eigenvalue weighted by Gasteiger charge is 1.84. The highest BCUT2D eigenvalue weighted by molar-refractivity contribution is 5.13. The molecule has 0 aromatic rings. The van der Waals surface area contributed by atoms with E-state index in [-0.39, 0.29) is 0 Å². The van der Waals surface area contributed by atoms with Gasteiger partial charge in [-0.1, -0.05) is 24.3 Å². The van der Waals surface area contributed by atoms with Gasteiger partial charge in [0, 0.05) is 13.6 Å². The fourth-order valence-corrected chi connectivity index (χ4v) is 0.691. The number of hydrogen-bond donors (Lipinski definition) is 0. The van der Waals surface area contributed by atoms with Gasteiger partial charge in [-0.05, 0) is 12.3 Å². The van der Waals surface area contributed by atoms with E-state index < -0.39 is 0 Å². The summed E-state index contributed by atoms with van der Waals surface area (Å²) in [7, 11) is 2.06. The van der Waals surface area contributed by atoms with E-state index in [1.54, 1.807) is 0 Å². The lowest BCUT2D eigenvalue weighted by Crippen LogP contribution is -2.09. The van der Waals surface area contributed by atoms with Gasteiger partial charge in [-0.3, -0.25) is 0 Å². The summed E-state index contributed by atoms with van der Waals surface area (Å²) >= 11 is 0. The molecule has 0 fully saturated rings. The van der Waals surface area contributed by atoms with Gasteiger partial charge in [0.1, 0.15) is 0 Å². The van der Waals surface area contributed by atoms with Crippen molar-refractivity contribution in [2.75, 3.05) is 13.6 Å². The Labute approximate surface area is 56.0 Å². The first-order chi connectivity index (χ1) is 4.39. The fraction of sp³-hybridized carbons (Fsp3) is 0.250. The van der Waals surface area contributed by atoms with E-state index in [0.717, 1.165) is 6.54 Å². The molecule has 0 atom stereocenters. The van der Waals surface area contributed by atoms with Crippen LogP contribution >= 0.6 is 0 Å². The summed E-state index contributed by atoms with van der Waals surface area (Å²) in [5.74, 6) is 0. The minimum Gasteiger partial charge on any atom is -0.377 e. The van der Waals surface area contributed by atoms with Crippen molar-refractivity contribution in [1.82, 2.24) is 4.90 Å². The minimum absolute atomic E-state index is 1.00. The van der Waals surface area contributed by atoms with Gasteiger partial charge in [-0.25, -0.2) is 0 Å². The summed E-state index contributed by atoms with van der Waals surface area (Å²) in [6.45, 7) is 1.00. The molecule has 9 heavy (non-hydrogen) atoms. The first-order valence-electron chi connectivity index (χ1n) is 3.10. The van der Waals surface area contributed by atoms with Crippen LogP contribution in [0.3, 0.4) is 0 Å². The molecule has 0 saturated heterocycles. The molecule has 1 rings (SSSR count). The lowest BCUT2D eigenvalue weighted by atomic mass is 10.3. The van der Waals surface area contributed by atoms with Crippen LogP contribution in [0.5, 0.6) is 0 Å². The van der Waals surface area contributed by atoms with Crippen molar-refractivity contribution in [1.29, 1.82) is 0 Å². The molecule has 0 radical (unpaired) electrons.